The fourth-order valence-electron chi connectivity index (χ4n) is 3.68. The zero-order chi connectivity index (χ0) is 21.3. The van der Waals surface area contributed by atoms with Crippen LogP contribution in [0.25, 0.3) is 0 Å². The Bertz CT molecular complexity index is 725. The molecule has 2 aliphatic heterocycles. The van der Waals surface area contributed by atoms with Crippen LogP contribution in [0.15, 0.2) is 29.3 Å². The van der Waals surface area contributed by atoms with Crippen molar-refractivity contribution in [2.75, 3.05) is 79.7 Å². The van der Waals surface area contributed by atoms with Gasteiger partial charge in [0.25, 0.3) is 0 Å². The van der Waals surface area contributed by atoms with E-state index in [4.69, 9.17) is 9.47 Å². The molecule has 0 radical (unpaired) electrons. The van der Waals surface area contributed by atoms with Crippen LogP contribution in [0.4, 0.5) is 0 Å². The van der Waals surface area contributed by atoms with Gasteiger partial charge in [-0.05, 0) is 18.1 Å². The van der Waals surface area contributed by atoms with Crippen LogP contribution < -0.4 is 5.32 Å². The maximum Gasteiger partial charge on any atom is 0.243 e. The molecule has 1 aromatic carbocycles. The number of aryl methyl sites for hydroxylation is 1. The van der Waals surface area contributed by atoms with Gasteiger partial charge in [-0.3, -0.25) is 9.69 Å². The predicted molar refractivity (Wildman–Crippen MR) is 133 cm³/mol. The lowest BCUT2D eigenvalue weighted by Crippen LogP contribution is -2.50. The summed E-state index contributed by atoms with van der Waals surface area (Å²) in [6.45, 7) is 9.55. The van der Waals surface area contributed by atoms with Crippen LogP contribution in [-0.2, 0) is 14.3 Å². The number of carbonyl (C=O) groups is 1. The third-order valence-corrected chi connectivity index (χ3v) is 5.58. The number of morpholine rings is 2. The van der Waals surface area contributed by atoms with Crippen molar-refractivity contribution in [3.63, 3.8) is 0 Å². The molecule has 9 heteroatoms. The van der Waals surface area contributed by atoms with Gasteiger partial charge in [-0.1, -0.05) is 24.3 Å². The number of nitrogens with one attached hydrogen (secondary N) is 1. The topological polar surface area (TPSA) is 69.6 Å². The summed E-state index contributed by atoms with van der Waals surface area (Å²) >= 11 is 0. The number of guanidine groups is 1. The summed E-state index contributed by atoms with van der Waals surface area (Å²) in [5.41, 5.74) is 2.44. The molecule has 0 saturated carbocycles. The third kappa shape index (κ3) is 7.89. The Labute approximate surface area is 203 Å². The number of hydrogen-bond acceptors (Lipinski definition) is 5. The third-order valence-electron chi connectivity index (χ3n) is 5.58. The number of amides is 1. The van der Waals surface area contributed by atoms with E-state index in [1.807, 2.05) is 6.07 Å². The van der Waals surface area contributed by atoms with Gasteiger partial charge in [0, 0.05) is 46.8 Å². The molecule has 8 nitrogen and oxygen atoms in total. The van der Waals surface area contributed by atoms with Crippen LogP contribution in [0.3, 0.4) is 0 Å². The van der Waals surface area contributed by atoms with Crippen molar-refractivity contribution in [2.45, 2.75) is 13.0 Å². The van der Waals surface area contributed by atoms with Gasteiger partial charge in [-0.25, -0.2) is 4.99 Å². The minimum atomic E-state index is -0.00816. The zero-order valence-corrected chi connectivity index (χ0v) is 21.2. The van der Waals surface area contributed by atoms with Crippen molar-refractivity contribution in [2.24, 2.45) is 4.99 Å². The Balaban J connectivity index is 0.00000341. The van der Waals surface area contributed by atoms with Crippen LogP contribution >= 0.6 is 24.0 Å². The van der Waals surface area contributed by atoms with Gasteiger partial charge < -0.3 is 24.6 Å². The van der Waals surface area contributed by atoms with Crippen LogP contribution in [0.5, 0.6) is 0 Å². The molecule has 2 heterocycles. The molecule has 1 unspecified atom stereocenters. The molecule has 3 rings (SSSR count). The number of rotatable bonds is 6. The average molecular weight is 545 g/mol. The fourth-order valence-corrected chi connectivity index (χ4v) is 3.68. The lowest BCUT2D eigenvalue weighted by atomic mass is 10.0. The first-order valence-corrected chi connectivity index (χ1v) is 10.7. The standard InChI is InChI=1S/C22H35N5O3.HI/c1-18-6-4-5-7-19(18)20-17-27(12-15-30-20)22(24-16-21(28)25(2)3)23-8-9-26-10-13-29-14-11-26;/h4-7,20H,8-17H2,1-3H3,(H,23,24);1H. The number of hydrogen-bond donors (Lipinski definition) is 1. The summed E-state index contributed by atoms with van der Waals surface area (Å²) < 4.78 is 11.5. The van der Waals surface area contributed by atoms with E-state index in [-0.39, 0.29) is 42.5 Å². The van der Waals surface area contributed by atoms with E-state index in [0.717, 1.165) is 51.9 Å². The second kappa shape index (κ2) is 13.2. The number of likely N-dealkylation sites (N-methyl/N-ethyl adjacent to an activating group) is 1. The van der Waals surface area contributed by atoms with E-state index in [1.165, 1.54) is 11.1 Å². The van der Waals surface area contributed by atoms with E-state index >= 15 is 0 Å². The van der Waals surface area contributed by atoms with Gasteiger partial charge in [0.05, 0.1) is 26.4 Å². The SMILES string of the molecule is Cc1ccccc1C1CN(C(=NCC(=O)N(C)C)NCCN2CCOCC2)CCO1.I. The molecule has 1 atom stereocenters. The van der Waals surface area contributed by atoms with Crippen molar-refractivity contribution in [3.05, 3.63) is 35.4 Å². The van der Waals surface area contributed by atoms with Crippen molar-refractivity contribution in [1.29, 1.82) is 0 Å². The van der Waals surface area contributed by atoms with Crippen LogP contribution in [0, 0.1) is 6.92 Å². The summed E-state index contributed by atoms with van der Waals surface area (Å²) in [6, 6.07) is 8.34. The quantitative estimate of drug-likeness (QED) is 0.331. The maximum absolute atomic E-state index is 12.1. The number of benzene rings is 1. The largest absolute Gasteiger partial charge is 0.379 e. The molecule has 1 amide bonds. The lowest BCUT2D eigenvalue weighted by Gasteiger charge is -2.36. The fraction of sp³-hybridized carbons (Fsp3) is 0.636. The number of aliphatic imine (C=N–C) groups is 1. The molecule has 2 fully saturated rings. The number of nitrogens with zero attached hydrogens (tertiary/aromatic N) is 4. The minimum Gasteiger partial charge on any atom is -0.379 e. The van der Waals surface area contributed by atoms with Gasteiger partial charge in [0.1, 0.15) is 12.6 Å². The van der Waals surface area contributed by atoms with Crippen molar-refractivity contribution in [1.82, 2.24) is 20.0 Å². The highest BCUT2D eigenvalue weighted by atomic mass is 127. The molecule has 0 aliphatic carbocycles. The molecule has 0 spiro atoms. The Morgan fingerprint density at radius 3 is 2.65 bits per heavy atom. The van der Waals surface area contributed by atoms with Crippen molar-refractivity contribution in [3.8, 4) is 0 Å². The van der Waals surface area contributed by atoms with E-state index in [1.54, 1.807) is 19.0 Å². The van der Waals surface area contributed by atoms with Crippen LogP contribution in [0.1, 0.15) is 17.2 Å². The summed E-state index contributed by atoms with van der Waals surface area (Å²) in [5.74, 6) is 0.770. The normalized spacial score (nSPS) is 20.2. The highest BCUT2D eigenvalue weighted by Gasteiger charge is 2.25. The first-order valence-electron chi connectivity index (χ1n) is 10.7. The van der Waals surface area contributed by atoms with Crippen LogP contribution in [-0.4, -0.2) is 106 Å². The van der Waals surface area contributed by atoms with E-state index < -0.39 is 0 Å². The highest BCUT2D eigenvalue weighted by molar-refractivity contribution is 14.0. The zero-order valence-electron chi connectivity index (χ0n) is 18.9. The average Bonchev–Trinajstić information content (AvgIpc) is 2.77. The second-order valence-electron chi connectivity index (χ2n) is 7.97. The molecule has 0 bridgehead atoms. The van der Waals surface area contributed by atoms with E-state index in [9.17, 15) is 4.79 Å². The molecular weight excluding hydrogens is 509 g/mol. The summed E-state index contributed by atoms with van der Waals surface area (Å²) in [4.78, 5) is 22.9. The Morgan fingerprint density at radius 2 is 1.94 bits per heavy atom. The van der Waals surface area contributed by atoms with Crippen molar-refractivity contribution < 1.29 is 14.3 Å². The van der Waals surface area contributed by atoms with Gasteiger partial charge in [0.15, 0.2) is 5.96 Å². The molecule has 31 heavy (non-hydrogen) atoms. The molecular formula is C22H36IN5O3. The monoisotopic (exact) mass is 545 g/mol. The smallest absolute Gasteiger partial charge is 0.243 e. The van der Waals surface area contributed by atoms with Crippen molar-refractivity contribution >= 4 is 35.8 Å². The van der Waals surface area contributed by atoms with Gasteiger partial charge in [0.2, 0.25) is 5.91 Å². The minimum absolute atomic E-state index is 0. The number of ether oxygens (including phenoxy) is 2. The Kier molecular flexibility index (Phi) is 11.0. The van der Waals surface area contributed by atoms with Gasteiger partial charge in [-0.15, -0.1) is 24.0 Å². The van der Waals surface area contributed by atoms with E-state index in [2.05, 4.69) is 45.2 Å². The molecule has 1 N–H and O–H groups in total. The molecule has 1 aromatic rings. The Morgan fingerprint density at radius 1 is 1.19 bits per heavy atom. The van der Waals surface area contributed by atoms with Gasteiger partial charge in [-0.2, -0.15) is 0 Å². The maximum atomic E-state index is 12.1. The second-order valence-corrected chi connectivity index (χ2v) is 7.97. The Hall–Kier alpha value is -1.43. The van der Waals surface area contributed by atoms with Crippen LogP contribution in [0.2, 0.25) is 0 Å². The van der Waals surface area contributed by atoms with Gasteiger partial charge >= 0.3 is 0 Å². The highest BCUT2D eigenvalue weighted by Crippen LogP contribution is 2.25. The molecule has 2 saturated heterocycles. The lowest BCUT2D eigenvalue weighted by molar-refractivity contribution is -0.127. The summed E-state index contributed by atoms with van der Waals surface area (Å²) in [6.07, 6.45) is -0.00394. The molecule has 174 valence electrons. The summed E-state index contributed by atoms with van der Waals surface area (Å²) in [5, 5.41) is 3.48. The number of halogens is 1. The summed E-state index contributed by atoms with van der Waals surface area (Å²) in [7, 11) is 3.51. The number of carbonyl (C=O) groups excluding carboxylic acids is 1. The van der Waals surface area contributed by atoms with E-state index in [0.29, 0.717) is 13.2 Å². The molecule has 2 aliphatic rings. The molecule has 0 aromatic heterocycles. The first kappa shape index (κ1) is 25.8. The predicted octanol–water partition coefficient (Wildman–Crippen LogP) is 1.35. The first-order chi connectivity index (χ1) is 14.5.